The number of pyridine rings is 1. The van der Waals surface area contributed by atoms with E-state index in [0.717, 1.165) is 16.8 Å². The summed E-state index contributed by atoms with van der Waals surface area (Å²) in [7, 11) is 0. The highest BCUT2D eigenvalue weighted by Gasteiger charge is 2.26. The number of hydrogen-bond acceptors (Lipinski definition) is 6. The van der Waals surface area contributed by atoms with Gasteiger partial charge in [0.05, 0.1) is 24.2 Å². The number of nitrogens with two attached hydrogens (primary N) is 1. The summed E-state index contributed by atoms with van der Waals surface area (Å²) in [6.45, 7) is 1.55. The molecule has 5 rings (SSSR count). The first kappa shape index (κ1) is 18.5. The summed E-state index contributed by atoms with van der Waals surface area (Å²) in [5.74, 6) is 0.527. The number of carbonyl (C=O) groups excluding carboxylic acids is 1. The van der Waals surface area contributed by atoms with E-state index in [2.05, 4.69) is 26.0 Å². The fourth-order valence-corrected chi connectivity index (χ4v) is 3.95. The monoisotopic (exact) mass is 402 g/mol. The molecule has 1 atom stereocenters. The quantitative estimate of drug-likeness (QED) is 0.543. The number of ether oxygens (including phenoxy) is 1. The van der Waals surface area contributed by atoms with E-state index >= 15 is 0 Å². The molecule has 0 aliphatic carbocycles. The van der Waals surface area contributed by atoms with E-state index in [0.29, 0.717) is 49.4 Å². The number of morpholine rings is 1. The minimum absolute atomic E-state index is 0.126. The molecule has 1 aromatic carbocycles. The first-order valence-electron chi connectivity index (χ1n) is 10.0. The van der Waals surface area contributed by atoms with Gasteiger partial charge in [0.25, 0.3) is 0 Å². The molecule has 8 heteroatoms. The molecule has 4 aromatic rings. The van der Waals surface area contributed by atoms with Gasteiger partial charge in [0.2, 0.25) is 5.91 Å². The number of fused-ring (bicyclic) bond motifs is 2. The Kier molecular flexibility index (Phi) is 4.76. The molecule has 0 radical (unpaired) electrons. The van der Waals surface area contributed by atoms with Gasteiger partial charge in [-0.1, -0.05) is 18.2 Å². The van der Waals surface area contributed by atoms with E-state index in [1.165, 1.54) is 11.7 Å². The number of aryl methyl sites for hydroxylation is 1. The number of rotatable bonds is 4. The van der Waals surface area contributed by atoms with E-state index in [4.69, 9.17) is 10.5 Å². The van der Waals surface area contributed by atoms with E-state index < -0.39 is 0 Å². The Hall–Kier alpha value is -3.52. The van der Waals surface area contributed by atoms with Crippen LogP contribution in [0, 0.1) is 0 Å². The first-order valence-corrected chi connectivity index (χ1v) is 10.0. The largest absolute Gasteiger partial charge is 0.383 e. The van der Waals surface area contributed by atoms with Gasteiger partial charge >= 0.3 is 0 Å². The van der Waals surface area contributed by atoms with E-state index in [9.17, 15) is 4.79 Å². The van der Waals surface area contributed by atoms with Crippen LogP contribution in [0.3, 0.4) is 0 Å². The van der Waals surface area contributed by atoms with Crippen molar-refractivity contribution in [3.8, 4) is 0 Å². The van der Waals surface area contributed by atoms with Gasteiger partial charge in [-0.2, -0.15) is 0 Å². The fourth-order valence-electron chi connectivity index (χ4n) is 3.95. The molecule has 0 bridgehead atoms. The molecule has 1 amide bonds. The van der Waals surface area contributed by atoms with Crippen LogP contribution >= 0.6 is 0 Å². The van der Waals surface area contributed by atoms with Gasteiger partial charge in [0.1, 0.15) is 18.2 Å². The highest BCUT2D eigenvalue weighted by Crippen LogP contribution is 2.25. The minimum atomic E-state index is -0.281. The zero-order valence-corrected chi connectivity index (χ0v) is 16.4. The molecule has 1 fully saturated rings. The molecule has 0 saturated carbocycles. The SMILES string of the molecule is Nc1ncnc2nc([C@@H]3CN(C(=O)CCc4c[nH]c5ccccc45)CCO3)ccc12. The summed E-state index contributed by atoms with van der Waals surface area (Å²) in [6, 6.07) is 11.9. The van der Waals surface area contributed by atoms with Gasteiger partial charge in [-0.15, -0.1) is 0 Å². The number of nitrogens with zero attached hydrogens (tertiary/aromatic N) is 4. The lowest BCUT2D eigenvalue weighted by Crippen LogP contribution is -2.42. The molecule has 1 aliphatic rings. The van der Waals surface area contributed by atoms with Gasteiger partial charge < -0.3 is 20.4 Å². The van der Waals surface area contributed by atoms with Crippen LogP contribution in [0.1, 0.15) is 23.8 Å². The number of anilines is 1. The van der Waals surface area contributed by atoms with Crippen molar-refractivity contribution >= 4 is 33.7 Å². The number of amides is 1. The van der Waals surface area contributed by atoms with E-state index in [1.54, 1.807) is 0 Å². The lowest BCUT2D eigenvalue weighted by atomic mass is 10.1. The van der Waals surface area contributed by atoms with Crippen LogP contribution in [-0.4, -0.2) is 50.4 Å². The number of nitrogens with one attached hydrogen (secondary N) is 1. The number of carbonyl (C=O) groups is 1. The Labute approximate surface area is 173 Å². The van der Waals surface area contributed by atoms with Gasteiger partial charge in [0, 0.05) is 30.1 Å². The van der Waals surface area contributed by atoms with Crippen LogP contribution in [0.2, 0.25) is 0 Å². The summed E-state index contributed by atoms with van der Waals surface area (Å²) in [5.41, 5.74) is 9.42. The first-order chi connectivity index (χ1) is 14.7. The van der Waals surface area contributed by atoms with Crippen molar-refractivity contribution in [2.45, 2.75) is 18.9 Å². The Morgan fingerprint density at radius 3 is 3.03 bits per heavy atom. The normalized spacial score (nSPS) is 16.9. The molecule has 1 aliphatic heterocycles. The number of benzene rings is 1. The maximum absolute atomic E-state index is 12.9. The summed E-state index contributed by atoms with van der Waals surface area (Å²) in [5, 5.41) is 1.88. The fraction of sp³-hybridized carbons (Fsp3) is 0.273. The maximum atomic E-state index is 12.9. The molecule has 152 valence electrons. The third-order valence-corrected chi connectivity index (χ3v) is 5.58. The second-order valence-corrected chi connectivity index (χ2v) is 7.42. The van der Waals surface area contributed by atoms with Crippen molar-refractivity contribution in [1.82, 2.24) is 24.8 Å². The topological polar surface area (TPSA) is 110 Å². The highest BCUT2D eigenvalue weighted by molar-refractivity contribution is 5.85. The Bertz CT molecular complexity index is 1220. The molecule has 30 heavy (non-hydrogen) atoms. The molecule has 4 heterocycles. The van der Waals surface area contributed by atoms with Crippen molar-refractivity contribution in [2.24, 2.45) is 0 Å². The Balaban J connectivity index is 1.27. The predicted octanol–water partition coefficient (Wildman–Crippen LogP) is 2.62. The van der Waals surface area contributed by atoms with Crippen LogP contribution in [0.25, 0.3) is 21.9 Å². The Morgan fingerprint density at radius 1 is 1.20 bits per heavy atom. The van der Waals surface area contributed by atoms with E-state index in [-0.39, 0.29) is 12.0 Å². The van der Waals surface area contributed by atoms with Crippen molar-refractivity contribution in [3.05, 3.63) is 60.2 Å². The van der Waals surface area contributed by atoms with Crippen molar-refractivity contribution < 1.29 is 9.53 Å². The average molecular weight is 402 g/mol. The number of hydrogen-bond donors (Lipinski definition) is 2. The summed E-state index contributed by atoms with van der Waals surface area (Å²) < 4.78 is 5.90. The number of para-hydroxylation sites is 1. The van der Waals surface area contributed by atoms with Crippen LogP contribution < -0.4 is 5.73 Å². The summed E-state index contributed by atoms with van der Waals surface area (Å²) in [4.78, 5) is 30.8. The number of nitrogen functional groups attached to an aromatic ring is 1. The molecular weight excluding hydrogens is 380 g/mol. The molecular formula is C22H22N6O2. The highest BCUT2D eigenvalue weighted by atomic mass is 16.5. The smallest absolute Gasteiger partial charge is 0.223 e. The lowest BCUT2D eigenvalue weighted by molar-refractivity contribution is -0.139. The van der Waals surface area contributed by atoms with Crippen molar-refractivity contribution in [2.75, 3.05) is 25.4 Å². The second kappa shape index (κ2) is 7.72. The van der Waals surface area contributed by atoms with Gasteiger partial charge in [0.15, 0.2) is 5.65 Å². The second-order valence-electron chi connectivity index (χ2n) is 7.42. The van der Waals surface area contributed by atoms with Gasteiger partial charge in [-0.25, -0.2) is 15.0 Å². The van der Waals surface area contributed by atoms with Crippen LogP contribution in [0.4, 0.5) is 5.82 Å². The number of aromatic amines is 1. The van der Waals surface area contributed by atoms with Gasteiger partial charge in [-0.05, 0) is 30.2 Å². The maximum Gasteiger partial charge on any atom is 0.223 e. The molecule has 8 nitrogen and oxygen atoms in total. The summed E-state index contributed by atoms with van der Waals surface area (Å²) in [6.07, 6.45) is 4.28. The minimum Gasteiger partial charge on any atom is -0.383 e. The third kappa shape index (κ3) is 3.46. The standard InChI is InChI=1S/C22H22N6O2/c23-21-16-6-7-18(27-22(16)26-13-25-21)19-12-28(9-10-30-19)20(29)8-5-14-11-24-17-4-2-1-3-15(14)17/h1-4,6-7,11,13,19,24H,5,8-10,12H2,(H2,23,25,26,27)/t19-/m0/s1. The predicted molar refractivity (Wildman–Crippen MR) is 114 cm³/mol. The zero-order chi connectivity index (χ0) is 20.5. The van der Waals surface area contributed by atoms with Crippen LogP contribution in [0.5, 0.6) is 0 Å². The van der Waals surface area contributed by atoms with E-state index in [1.807, 2.05) is 41.4 Å². The average Bonchev–Trinajstić information content (AvgIpc) is 3.21. The molecule has 3 N–H and O–H groups in total. The molecule has 1 saturated heterocycles. The Morgan fingerprint density at radius 2 is 2.10 bits per heavy atom. The zero-order valence-electron chi connectivity index (χ0n) is 16.4. The lowest BCUT2D eigenvalue weighted by Gasteiger charge is -2.32. The summed E-state index contributed by atoms with van der Waals surface area (Å²) >= 11 is 0. The van der Waals surface area contributed by atoms with Crippen LogP contribution in [0.15, 0.2) is 48.9 Å². The molecule has 0 unspecified atom stereocenters. The number of H-pyrrole nitrogens is 1. The van der Waals surface area contributed by atoms with Gasteiger partial charge in [-0.3, -0.25) is 4.79 Å². The van der Waals surface area contributed by atoms with Crippen molar-refractivity contribution in [1.29, 1.82) is 0 Å². The van der Waals surface area contributed by atoms with Crippen LogP contribution in [-0.2, 0) is 16.0 Å². The molecule has 3 aromatic heterocycles. The molecule has 0 spiro atoms. The third-order valence-electron chi connectivity index (χ3n) is 5.58. The number of aromatic nitrogens is 4. The van der Waals surface area contributed by atoms with Crippen molar-refractivity contribution in [3.63, 3.8) is 0 Å².